The molecule has 0 aliphatic carbocycles. The molecule has 12 heteroatoms. The number of fused-ring (bicyclic) bond motifs is 1. The lowest BCUT2D eigenvalue weighted by Crippen LogP contribution is -2.33. The lowest BCUT2D eigenvalue weighted by molar-refractivity contribution is -0.113. The summed E-state index contributed by atoms with van der Waals surface area (Å²) in [6.45, 7) is 2.83. The summed E-state index contributed by atoms with van der Waals surface area (Å²) in [5.41, 5.74) is 1.42. The molecular weight excluding hydrogens is 536 g/mol. The van der Waals surface area contributed by atoms with Crippen LogP contribution in [0.1, 0.15) is 17.7 Å². The Morgan fingerprint density at radius 2 is 1.82 bits per heavy atom. The highest BCUT2D eigenvalue weighted by atomic mass is 32.2. The van der Waals surface area contributed by atoms with Crippen LogP contribution in [0.15, 0.2) is 69.2 Å². The third-order valence-corrected chi connectivity index (χ3v) is 7.71. The van der Waals surface area contributed by atoms with Crippen LogP contribution in [0.5, 0.6) is 0 Å². The number of carbonyl (C=O) groups excluding carboxylic acids is 1. The summed E-state index contributed by atoms with van der Waals surface area (Å²) in [6, 6.07) is 14.4. The van der Waals surface area contributed by atoms with Gasteiger partial charge in [-0.25, -0.2) is 9.67 Å². The Kier molecular flexibility index (Phi) is 7.51. The van der Waals surface area contributed by atoms with Crippen LogP contribution < -0.4 is 21.3 Å². The Morgan fingerprint density at radius 1 is 1.08 bits per heavy atom. The van der Waals surface area contributed by atoms with E-state index in [2.05, 4.69) is 10.3 Å². The molecule has 1 saturated heterocycles. The van der Waals surface area contributed by atoms with E-state index in [-0.39, 0.29) is 31.6 Å². The second kappa shape index (κ2) is 11.0. The van der Waals surface area contributed by atoms with Gasteiger partial charge in [-0.3, -0.25) is 28.4 Å². The van der Waals surface area contributed by atoms with Gasteiger partial charge in [0, 0.05) is 33.5 Å². The number of methoxy groups -OCH3 is 1. The molecule has 1 aromatic carbocycles. The Labute approximate surface area is 233 Å². The Hall–Kier alpha value is -4.00. The van der Waals surface area contributed by atoms with Crippen LogP contribution >= 0.6 is 24.0 Å². The third kappa shape index (κ3) is 4.82. The first kappa shape index (κ1) is 26.6. The highest BCUT2D eigenvalue weighted by molar-refractivity contribution is 8.27. The molecule has 3 aromatic heterocycles. The second-order valence-electron chi connectivity index (χ2n) is 8.81. The predicted molar refractivity (Wildman–Crippen MR) is 158 cm³/mol. The van der Waals surface area contributed by atoms with Crippen molar-refractivity contribution >= 4 is 57.4 Å². The third-order valence-electron chi connectivity index (χ3n) is 6.40. The maximum absolute atomic E-state index is 13.7. The van der Waals surface area contributed by atoms with E-state index in [1.807, 2.05) is 30.3 Å². The van der Waals surface area contributed by atoms with E-state index in [4.69, 9.17) is 17.0 Å². The molecule has 0 radical (unpaired) electrons. The lowest BCUT2D eigenvalue weighted by Gasteiger charge is -2.12. The van der Waals surface area contributed by atoms with Crippen molar-refractivity contribution in [2.45, 2.75) is 13.3 Å². The standard InChI is InChI=1S/C27H26N6O4S2/c1-17-22(26(36)33(30(17)2)18-10-5-4-6-11-18)32-25(35)20(39-27(32)38)16-19-23(28-13-9-15-37-3)29-21-12-7-8-14-31(21)24(19)34/h4-8,10-12,14,16,28H,9,13,15H2,1-3H3/b20-16+. The fourth-order valence-corrected chi connectivity index (χ4v) is 5.65. The predicted octanol–water partition coefficient (Wildman–Crippen LogP) is 3.35. The molecule has 10 nitrogen and oxygen atoms in total. The number of nitrogens with one attached hydrogen (secondary N) is 1. The van der Waals surface area contributed by atoms with Crippen LogP contribution in [0, 0.1) is 6.92 Å². The average molecular weight is 563 g/mol. The SMILES string of the molecule is COCCCNc1nc2ccccn2c(=O)c1/C=C1/SC(=S)N(c2c(C)n(C)n(-c3ccccc3)c2=O)C1=O. The number of thiocarbonyl (C=S) groups is 1. The van der Waals surface area contributed by atoms with E-state index >= 15 is 0 Å². The van der Waals surface area contributed by atoms with Gasteiger partial charge in [0.05, 0.1) is 21.8 Å². The topological polar surface area (TPSA) is 103 Å². The summed E-state index contributed by atoms with van der Waals surface area (Å²) < 4.78 is 9.93. The van der Waals surface area contributed by atoms with E-state index in [0.29, 0.717) is 42.4 Å². The largest absolute Gasteiger partial charge is 0.385 e. The summed E-state index contributed by atoms with van der Waals surface area (Å²) >= 11 is 6.61. The quantitative estimate of drug-likeness (QED) is 0.198. The molecule has 1 N–H and O–H groups in total. The summed E-state index contributed by atoms with van der Waals surface area (Å²) in [5, 5.41) is 3.20. The molecule has 1 aliphatic heterocycles. The van der Waals surface area contributed by atoms with Gasteiger partial charge in [0.25, 0.3) is 17.0 Å². The number of hydrogen-bond donors (Lipinski definition) is 1. The van der Waals surface area contributed by atoms with E-state index in [1.54, 1.807) is 50.2 Å². The number of para-hydroxylation sites is 1. The number of carbonyl (C=O) groups is 1. The van der Waals surface area contributed by atoms with Gasteiger partial charge < -0.3 is 10.1 Å². The van der Waals surface area contributed by atoms with E-state index in [0.717, 1.165) is 11.8 Å². The summed E-state index contributed by atoms with van der Waals surface area (Å²) in [6.07, 6.45) is 3.83. The first-order valence-corrected chi connectivity index (χ1v) is 13.4. The maximum atomic E-state index is 13.7. The highest BCUT2D eigenvalue weighted by Crippen LogP contribution is 2.36. The number of rotatable bonds is 8. The molecule has 1 fully saturated rings. The molecule has 1 amide bonds. The van der Waals surface area contributed by atoms with E-state index in [9.17, 15) is 14.4 Å². The van der Waals surface area contributed by atoms with Gasteiger partial charge in [0.15, 0.2) is 4.32 Å². The fourth-order valence-electron chi connectivity index (χ4n) is 4.39. The first-order chi connectivity index (χ1) is 18.8. The van der Waals surface area contributed by atoms with Gasteiger partial charge >= 0.3 is 0 Å². The molecule has 0 saturated carbocycles. The highest BCUT2D eigenvalue weighted by Gasteiger charge is 2.38. The van der Waals surface area contributed by atoms with Crippen LogP contribution in [0.25, 0.3) is 17.4 Å². The summed E-state index contributed by atoms with van der Waals surface area (Å²) in [7, 11) is 3.38. The van der Waals surface area contributed by atoms with Crippen molar-refractivity contribution in [2.24, 2.45) is 7.05 Å². The molecule has 5 rings (SSSR count). The molecule has 1 aliphatic rings. The zero-order valence-electron chi connectivity index (χ0n) is 21.6. The average Bonchev–Trinajstić information content (AvgIpc) is 3.33. The zero-order chi connectivity index (χ0) is 27.7. The van der Waals surface area contributed by atoms with Crippen molar-refractivity contribution in [2.75, 3.05) is 30.5 Å². The van der Waals surface area contributed by atoms with Crippen LogP contribution in [0.2, 0.25) is 0 Å². The van der Waals surface area contributed by atoms with Crippen LogP contribution in [-0.2, 0) is 16.6 Å². The molecule has 4 aromatic rings. The minimum Gasteiger partial charge on any atom is -0.385 e. The Morgan fingerprint density at radius 3 is 2.56 bits per heavy atom. The first-order valence-electron chi connectivity index (χ1n) is 12.2. The molecule has 0 unspecified atom stereocenters. The van der Waals surface area contributed by atoms with Gasteiger partial charge in [-0.1, -0.05) is 48.2 Å². The number of aromatic nitrogens is 4. The minimum absolute atomic E-state index is 0.179. The van der Waals surface area contributed by atoms with Crippen molar-refractivity contribution in [1.82, 2.24) is 18.7 Å². The number of benzene rings is 1. The Balaban J connectivity index is 1.57. The fraction of sp³-hybridized carbons (Fsp3) is 0.222. The summed E-state index contributed by atoms with van der Waals surface area (Å²) in [4.78, 5) is 46.8. The van der Waals surface area contributed by atoms with Crippen molar-refractivity contribution in [3.8, 4) is 5.69 Å². The molecule has 0 spiro atoms. The van der Waals surface area contributed by atoms with Crippen molar-refractivity contribution < 1.29 is 9.53 Å². The molecular formula is C27H26N6O4S2. The van der Waals surface area contributed by atoms with Crippen LogP contribution in [-0.4, -0.2) is 49.2 Å². The maximum Gasteiger partial charge on any atom is 0.296 e. The van der Waals surface area contributed by atoms with Gasteiger partial charge in [0.2, 0.25) is 0 Å². The monoisotopic (exact) mass is 562 g/mol. The number of nitrogens with zero attached hydrogens (tertiary/aromatic N) is 5. The van der Waals surface area contributed by atoms with E-state index < -0.39 is 5.91 Å². The van der Waals surface area contributed by atoms with E-state index in [1.165, 1.54) is 20.1 Å². The molecule has 39 heavy (non-hydrogen) atoms. The Bertz CT molecular complexity index is 1740. The lowest BCUT2D eigenvalue weighted by atomic mass is 10.2. The number of thioether (sulfide) groups is 1. The van der Waals surface area contributed by atoms with Crippen molar-refractivity contribution in [3.05, 3.63) is 91.6 Å². The summed E-state index contributed by atoms with van der Waals surface area (Å²) in [5.74, 6) is -0.117. The van der Waals surface area contributed by atoms with Crippen LogP contribution in [0.3, 0.4) is 0 Å². The van der Waals surface area contributed by atoms with Gasteiger partial charge in [-0.05, 0) is 43.7 Å². The number of pyridine rings is 1. The minimum atomic E-state index is -0.473. The van der Waals surface area contributed by atoms with Crippen molar-refractivity contribution in [1.29, 1.82) is 0 Å². The van der Waals surface area contributed by atoms with Crippen molar-refractivity contribution in [3.63, 3.8) is 0 Å². The molecule has 0 atom stereocenters. The molecule has 200 valence electrons. The zero-order valence-corrected chi connectivity index (χ0v) is 23.2. The number of anilines is 2. The molecule has 4 heterocycles. The number of amides is 1. The van der Waals surface area contributed by atoms with Gasteiger partial charge in [-0.2, -0.15) is 0 Å². The van der Waals surface area contributed by atoms with Crippen LogP contribution in [0.4, 0.5) is 11.5 Å². The second-order valence-corrected chi connectivity index (χ2v) is 10.5. The normalized spacial score (nSPS) is 14.6. The molecule has 0 bridgehead atoms. The smallest absolute Gasteiger partial charge is 0.296 e. The van der Waals surface area contributed by atoms with Gasteiger partial charge in [0.1, 0.15) is 17.2 Å². The number of ether oxygens (including phenoxy) is 1. The number of hydrogen-bond acceptors (Lipinski definition) is 8. The van der Waals surface area contributed by atoms with Gasteiger partial charge in [-0.15, -0.1) is 0 Å².